The monoisotopic (exact) mass is 381 g/mol. The molecule has 4 aromatic rings. The van der Waals surface area contributed by atoms with Gasteiger partial charge in [0.2, 0.25) is 0 Å². The molecule has 0 radical (unpaired) electrons. The van der Waals surface area contributed by atoms with Crippen LogP contribution in [0.2, 0.25) is 0 Å². The van der Waals surface area contributed by atoms with Crippen molar-refractivity contribution in [1.82, 2.24) is 15.3 Å². The number of ether oxygens (including phenoxy) is 1. The van der Waals surface area contributed by atoms with Crippen LogP contribution in [0.25, 0.3) is 11.3 Å². The van der Waals surface area contributed by atoms with Crippen LogP contribution in [-0.2, 0) is 6.54 Å². The van der Waals surface area contributed by atoms with E-state index in [2.05, 4.69) is 15.3 Å². The molecule has 29 heavy (non-hydrogen) atoms. The fourth-order valence-electron chi connectivity index (χ4n) is 2.98. The first-order valence-electron chi connectivity index (χ1n) is 9.26. The number of carbonyl (C=O) groups excluding carboxylic acids is 1. The number of carbonyl (C=O) groups is 1. The van der Waals surface area contributed by atoms with Crippen molar-refractivity contribution in [3.05, 3.63) is 109 Å². The fourth-order valence-corrected chi connectivity index (χ4v) is 2.98. The summed E-state index contributed by atoms with van der Waals surface area (Å²) < 4.78 is 5.90. The zero-order chi connectivity index (χ0) is 19.9. The quantitative estimate of drug-likeness (QED) is 0.518. The van der Waals surface area contributed by atoms with Crippen molar-refractivity contribution in [3.63, 3.8) is 0 Å². The highest BCUT2D eigenvalue weighted by Gasteiger charge is 2.14. The van der Waals surface area contributed by atoms with Crippen LogP contribution in [0.4, 0.5) is 0 Å². The van der Waals surface area contributed by atoms with Gasteiger partial charge >= 0.3 is 0 Å². The van der Waals surface area contributed by atoms with E-state index in [-0.39, 0.29) is 5.91 Å². The second-order valence-corrected chi connectivity index (χ2v) is 6.34. The van der Waals surface area contributed by atoms with Crippen LogP contribution in [0.15, 0.2) is 97.5 Å². The number of nitrogens with zero attached hydrogens (tertiary/aromatic N) is 2. The lowest BCUT2D eigenvalue weighted by Gasteiger charge is -2.13. The molecule has 1 amide bonds. The van der Waals surface area contributed by atoms with Gasteiger partial charge in [0, 0.05) is 30.7 Å². The number of pyridine rings is 2. The number of aromatic nitrogens is 2. The van der Waals surface area contributed by atoms with E-state index in [1.807, 2.05) is 66.7 Å². The maximum atomic E-state index is 12.9. The molecule has 0 spiro atoms. The summed E-state index contributed by atoms with van der Waals surface area (Å²) in [4.78, 5) is 21.4. The van der Waals surface area contributed by atoms with Crippen LogP contribution in [0.1, 0.15) is 15.9 Å². The van der Waals surface area contributed by atoms with Crippen LogP contribution in [-0.4, -0.2) is 15.9 Å². The Kier molecular flexibility index (Phi) is 5.58. The Morgan fingerprint density at radius 1 is 0.828 bits per heavy atom. The summed E-state index contributed by atoms with van der Waals surface area (Å²) in [5.41, 5.74) is 3.18. The van der Waals surface area contributed by atoms with Gasteiger partial charge in [0.25, 0.3) is 5.91 Å². The van der Waals surface area contributed by atoms with Crippen molar-refractivity contribution in [2.24, 2.45) is 0 Å². The molecule has 0 atom stereocenters. The van der Waals surface area contributed by atoms with Crippen LogP contribution in [0.3, 0.4) is 0 Å². The number of benzene rings is 2. The number of amides is 1. The Morgan fingerprint density at radius 3 is 2.41 bits per heavy atom. The first-order valence-corrected chi connectivity index (χ1v) is 9.26. The molecule has 0 saturated carbocycles. The predicted molar refractivity (Wildman–Crippen MR) is 112 cm³/mol. The molecular formula is C24H19N3O2. The molecule has 5 nitrogen and oxygen atoms in total. The van der Waals surface area contributed by atoms with E-state index in [0.717, 1.165) is 16.8 Å². The van der Waals surface area contributed by atoms with E-state index in [1.165, 1.54) is 0 Å². The van der Waals surface area contributed by atoms with Crippen molar-refractivity contribution < 1.29 is 9.53 Å². The van der Waals surface area contributed by atoms with Gasteiger partial charge in [0.15, 0.2) is 0 Å². The second-order valence-electron chi connectivity index (χ2n) is 6.34. The van der Waals surface area contributed by atoms with E-state index < -0.39 is 0 Å². The molecule has 5 heteroatoms. The molecule has 0 fully saturated rings. The summed E-state index contributed by atoms with van der Waals surface area (Å²) in [5.74, 6) is 0.984. The number of hydrogen-bond donors (Lipinski definition) is 1. The van der Waals surface area contributed by atoms with E-state index in [0.29, 0.717) is 23.6 Å². The minimum Gasteiger partial charge on any atom is -0.457 e. The largest absolute Gasteiger partial charge is 0.457 e. The van der Waals surface area contributed by atoms with Crippen LogP contribution in [0.5, 0.6) is 11.5 Å². The highest BCUT2D eigenvalue weighted by Crippen LogP contribution is 2.25. The van der Waals surface area contributed by atoms with Gasteiger partial charge in [0.05, 0.1) is 11.3 Å². The summed E-state index contributed by atoms with van der Waals surface area (Å²) in [6.45, 7) is 0.351. The number of para-hydroxylation sites is 2. The summed E-state index contributed by atoms with van der Waals surface area (Å²) >= 11 is 0. The lowest BCUT2D eigenvalue weighted by molar-refractivity contribution is 0.0948. The molecule has 2 aromatic heterocycles. The zero-order valence-electron chi connectivity index (χ0n) is 15.7. The molecule has 2 heterocycles. The predicted octanol–water partition coefficient (Wildman–Crippen LogP) is 4.87. The molecule has 0 bridgehead atoms. The smallest absolute Gasteiger partial charge is 0.255 e. The standard InChI is InChI=1S/C24H19N3O2/c28-24(21-10-4-5-11-22(21)29-20-8-2-1-3-9-20)27-17-19-7-6-14-26-23(19)18-12-15-25-16-13-18/h1-16H,17H2,(H,27,28). The normalized spacial score (nSPS) is 10.3. The molecule has 0 saturated heterocycles. The van der Waals surface area contributed by atoms with Gasteiger partial charge in [-0.15, -0.1) is 0 Å². The second kappa shape index (κ2) is 8.80. The Bertz CT molecular complexity index is 1100. The Hall–Kier alpha value is -3.99. The summed E-state index contributed by atoms with van der Waals surface area (Å²) in [5, 5.41) is 2.98. The molecule has 4 rings (SSSR count). The van der Waals surface area contributed by atoms with Crippen molar-refractivity contribution in [2.45, 2.75) is 6.54 Å². The first-order chi connectivity index (χ1) is 14.3. The van der Waals surface area contributed by atoms with Gasteiger partial charge in [-0.3, -0.25) is 14.8 Å². The zero-order valence-corrected chi connectivity index (χ0v) is 15.7. The maximum absolute atomic E-state index is 12.9. The number of rotatable bonds is 6. The van der Waals surface area contributed by atoms with Crippen molar-refractivity contribution in [2.75, 3.05) is 0 Å². The van der Waals surface area contributed by atoms with Gasteiger partial charge in [-0.05, 0) is 48.0 Å². The lowest BCUT2D eigenvalue weighted by atomic mass is 10.1. The molecule has 0 aliphatic carbocycles. The van der Waals surface area contributed by atoms with Crippen molar-refractivity contribution in [1.29, 1.82) is 0 Å². The van der Waals surface area contributed by atoms with E-state index in [9.17, 15) is 4.79 Å². The summed E-state index contributed by atoms with van der Waals surface area (Å²) in [7, 11) is 0. The number of nitrogens with one attached hydrogen (secondary N) is 1. The van der Waals surface area contributed by atoms with Crippen molar-refractivity contribution in [3.8, 4) is 22.8 Å². The van der Waals surface area contributed by atoms with E-state index in [1.54, 1.807) is 30.7 Å². The van der Waals surface area contributed by atoms with Gasteiger partial charge < -0.3 is 10.1 Å². The summed E-state index contributed by atoms with van der Waals surface area (Å²) in [6, 6.07) is 24.2. The molecular weight excluding hydrogens is 362 g/mol. The molecule has 0 unspecified atom stereocenters. The Balaban J connectivity index is 1.52. The third-order valence-electron chi connectivity index (χ3n) is 4.39. The molecule has 142 valence electrons. The third-order valence-corrected chi connectivity index (χ3v) is 4.39. The minimum atomic E-state index is -0.207. The van der Waals surface area contributed by atoms with Crippen LogP contribution in [0, 0.1) is 0 Å². The van der Waals surface area contributed by atoms with Crippen LogP contribution < -0.4 is 10.1 Å². The third kappa shape index (κ3) is 4.47. The molecule has 1 N–H and O–H groups in total. The van der Waals surface area contributed by atoms with E-state index in [4.69, 9.17) is 4.74 Å². The highest BCUT2D eigenvalue weighted by atomic mass is 16.5. The Morgan fingerprint density at radius 2 is 1.59 bits per heavy atom. The van der Waals surface area contributed by atoms with Gasteiger partial charge in [-0.25, -0.2) is 0 Å². The molecule has 2 aromatic carbocycles. The van der Waals surface area contributed by atoms with Gasteiger partial charge in [0.1, 0.15) is 11.5 Å². The SMILES string of the molecule is O=C(NCc1cccnc1-c1ccncc1)c1ccccc1Oc1ccccc1. The average molecular weight is 381 g/mol. The average Bonchev–Trinajstić information content (AvgIpc) is 2.79. The highest BCUT2D eigenvalue weighted by molar-refractivity contribution is 5.97. The molecule has 0 aliphatic heterocycles. The van der Waals surface area contributed by atoms with Gasteiger partial charge in [-0.1, -0.05) is 36.4 Å². The molecule has 0 aliphatic rings. The fraction of sp³-hybridized carbons (Fsp3) is 0.0417. The minimum absolute atomic E-state index is 0.207. The Labute approximate surface area is 169 Å². The summed E-state index contributed by atoms with van der Waals surface area (Å²) in [6.07, 6.45) is 5.19. The topological polar surface area (TPSA) is 64.1 Å². The maximum Gasteiger partial charge on any atom is 0.255 e. The van der Waals surface area contributed by atoms with Crippen molar-refractivity contribution >= 4 is 5.91 Å². The van der Waals surface area contributed by atoms with Gasteiger partial charge in [-0.2, -0.15) is 0 Å². The van der Waals surface area contributed by atoms with E-state index >= 15 is 0 Å². The number of hydrogen-bond acceptors (Lipinski definition) is 4. The lowest BCUT2D eigenvalue weighted by Crippen LogP contribution is -2.23. The first kappa shape index (κ1) is 18.4. The van der Waals surface area contributed by atoms with Crippen LogP contribution >= 0.6 is 0 Å².